The van der Waals surface area contributed by atoms with Crippen LogP contribution in [0.5, 0.6) is 11.6 Å². The van der Waals surface area contributed by atoms with Crippen molar-refractivity contribution in [1.29, 1.82) is 0 Å². The van der Waals surface area contributed by atoms with E-state index in [1.54, 1.807) is 6.92 Å². The number of ether oxygens (including phenoxy) is 3. The molecular formula is C24H36N2O6. The van der Waals surface area contributed by atoms with Crippen LogP contribution in [0.25, 0.3) is 0 Å². The summed E-state index contributed by atoms with van der Waals surface area (Å²) in [5.41, 5.74) is 2.89. The van der Waals surface area contributed by atoms with Gasteiger partial charge in [0.15, 0.2) is 0 Å². The first-order valence-electron chi connectivity index (χ1n) is 11.2. The van der Waals surface area contributed by atoms with E-state index in [1.165, 1.54) is 0 Å². The van der Waals surface area contributed by atoms with E-state index in [9.17, 15) is 15.3 Å². The van der Waals surface area contributed by atoms with Crippen LogP contribution >= 0.6 is 0 Å². The maximum Gasteiger partial charge on any atom is 0.239 e. The van der Waals surface area contributed by atoms with Gasteiger partial charge in [0.1, 0.15) is 11.9 Å². The number of benzene rings is 1. The van der Waals surface area contributed by atoms with E-state index < -0.39 is 30.5 Å². The van der Waals surface area contributed by atoms with Gasteiger partial charge in [0.05, 0.1) is 24.9 Å². The van der Waals surface area contributed by atoms with E-state index in [-0.39, 0.29) is 18.8 Å². The van der Waals surface area contributed by atoms with Crippen LogP contribution < -0.4 is 9.47 Å². The molecule has 1 aromatic carbocycles. The van der Waals surface area contributed by atoms with Gasteiger partial charge >= 0.3 is 0 Å². The number of aliphatic hydroxyl groups excluding tert-OH is 3. The van der Waals surface area contributed by atoms with Gasteiger partial charge in [0, 0.05) is 29.6 Å². The zero-order chi connectivity index (χ0) is 23.6. The molecule has 0 amide bonds. The monoisotopic (exact) mass is 448 g/mol. The van der Waals surface area contributed by atoms with Crippen molar-refractivity contribution in [3.63, 3.8) is 0 Å². The molecular weight excluding hydrogens is 412 g/mol. The summed E-state index contributed by atoms with van der Waals surface area (Å²) in [4.78, 5) is 0. The fourth-order valence-corrected chi connectivity index (χ4v) is 3.97. The fraction of sp³-hybridized carbons (Fsp3) is 0.625. The van der Waals surface area contributed by atoms with Crippen LogP contribution in [0.2, 0.25) is 0 Å². The zero-order valence-electron chi connectivity index (χ0n) is 19.7. The molecule has 0 bridgehead atoms. The van der Waals surface area contributed by atoms with E-state index >= 15 is 0 Å². The smallest absolute Gasteiger partial charge is 0.239 e. The topological polar surface area (TPSA) is 106 Å². The molecule has 1 aromatic heterocycles. The van der Waals surface area contributed by atoms with Crippen LogP contribution in [0.1, 0.15) is 57.5 Å². The third kappa shape index (κ3) is 5.26. The Bertz CT molecular complexity index is 877. The van der Waals surface area contributed by atoms with Crippen molar-refractivity contribution in [3.8, 4) is 11.6 Å². The van der Waals surface area contributed by atoms with Gasteiger partial charge in [-0.1, -0.05) is 19.1 Å². The molecule has 2 heterocycles. The molecule has 1 saturated heterocycles. The lowest BCUT2D eigenvalue weighted by Gasteiger charge is -2.40. The molecule has 1 aliphatic rings. The number of nitrogens with zero attached hydrogens (tertiary/aromatic N) is 2. The SMILES string of the molecule is Cc1c(Cc2ccc(OC(C)C)cc2)c(O[C@@H]2O[C@H](CO)[C@@H](C)[C@H](O)[C@H]2O)nn1C(C)C. The first kappa shape index (κ1) is 24.5. The van der Waals surface area contributed by atoms with Gasteiger partial charge in [-0.25, -0.2) is 0 Å². The fourth-order valence-electron chi connectivity index (χ4n) is 3.97. The van der Waals surface area contributed by atoms with E-state index in [0.29, 0.717) is 12.3 Å². The van der Waals surface area contributed by atoms with Gasteiger partial charge in [-0.15, -0.1) is 5.10 Å². The summed E-state index contributed by atoms with van der Waals surface area (Å²) in [5, 5.41) is 35.1. The van der Waals surface area contributed by atoms with Crippen LogP contribution in [0.15, 0.2) is 24.3 Å². The highest BCUT2D eigenvalue weighted by atomic mass is 16.7. The largest absolute Gasteiger partial charge is 0.491 e. The Balaban J connectivity index is 1.87. The van der Waals surface area contributed by atoms with Crippen molar-refractivity contribution in [1.82, 2.24) is 9.78 Å². The minimum Gasteiger partial charge on any atom is -0.491 e. The molecule has 0 spiro atoms. The Morgan fingerprint density at radius 1 is 1.09 bits per heavy atom. The maximum absolute atomic E-state index is 10.5. The first-order valence-corrected chi connectivity index (χ1v) is 11.2. The summed E-state index contributed by atoms with van der Waals surface area (Å²) in [6.07, 6.45) is -3.41. The summed E-state index contributed by atoms with van der Waals surface area (Å²) in [7, 11) is 0. The Labute approximate surface area is 189 Å². The van der Waals surface area contributed by atoms with Gasteiger partial charge in [0.25, 0.3) is 0 Å². The number of rotatable bonds is 8. The molecule has 0 saturated carbocycles. The standard InChI is InChI=1S/C24H36N2O6/c1-13(2)26-16(6)19(11-17-7-9-18(10-8-17)30-14(3)4)23(25-26)32-24-22(29)21(28)15(5)20(12-27)31-24/h7-10,13-15,20-22,24,27-29H,11-12H2,1-6H3/t15-,20-,21+,22-,24+/m1/s1. The lowest BCUT2D eigenvalue weighted by molar-refractivity contribution is -0.261. The predicted molar refractivity (Wildman–Crippen MR) is 120 cm³/mol. The van der Waals surface area contributed by atoms with Gasteiger partial charge in [0.2, 0.25) is 12.2 Å². The van der Waals surface area contributed by atoms with Crippen molar-refractivity contribution in [2.75, 3.05) is 6.61 Å². The lowest BCUT2D eigenvalue weighted by atomic mass is 9.91. The van der Waals surface area contributed by atoms with Crippen molar-refractivity contribution < 1.29 is 29.5 Å². The summed E-state index contributed by atoms with van der Waals surface area (Å²) < 4.78 is 19.4. The molecule has 178 valence electrons. The minimum absolute atomic E-state index is 0.107. The molecule has 1 aliphatic heterocycles. The molecule has 8 heteroatoms. The molecule has 8 nitrogen and oxygen atoms in total. The van der Waals surface area contributed by atoms with Crippen molar-refractivity contribution in [3.05, 3.63) is 41.1 Å². The van der Waals surface area contributed by atoms with E-state index in [4.69, 9.17) is 14.2 Å². The normalized spacial score (nSPS) is 26.0. The van der Waals surface area contributed by atoms with E-state index in [0.717, 1.165) is 22.6 Å². The summed E-state index contributed by atoms with van der Waals surface area (Å²) >= 11 is 0. The molecule has 3 rings (SSSR count). The molecule has 3 N–H and O–H groups in total. The maximum atomic E-state index is 10.5. The van der Waals surface area contributed by atoms with Crippen LogP contribution in [0, 0.1) is 12.8 Å². The second-order valence-electron chi connectivity index (χ2n) is 9.08. The molecule has 1 fully saturated rings. The molecule has 0 unspecified atom stereocenters. The van der Waals surface area contributed by atoms with Gasteiger partial charge < -0.3 is 29.5 Å². The molecule has 2 aromatic rings. The summed E-state index contributed by atoms with van der Waals surface area (Å²) in [6, 6.07) is 8.01. The second-order valence-corrected chi connectivity index (χ2v) is 9.08. The lowest BCUT2D eigenvalue weighted by Crippen LogP contribution is -2.56. The Morgan fingerprint density at radius 2 is 1.75 bits per heavy atom. The van der Waals surface area contributed by atoms with Crippen molar-refractivity contribution >= 4 is 0 Å². The Hall–Kier alpha value is -2.13. The predicted octanol–water partition coefficient (Wildman–Crippen LogP) is 2.60. The summed E-state index contributed by atoms with van der Waals surface area (Å²) in [6.45, 7) is 11.5. The quantitative estimate of drug-likeness (QED) is 0.570. The molecule has 5 atom stereocenters. The summed E-state index contributed by atoms with van der Waals surface area (Å²) in [5.74, 6) is 0.740. The van der Waals surface area contributed by atoms with Crippen LogP contribution in [-0.2, 0) is 11.2 Å². The van der Waals surface area contributed by atoms with Crippen LogP contribution in [0.3, 0.4) is 0 Å². The van der Waals surface area contributed by atoms with E-state index in [1.807, 2.05) is 63.6 Å². The van der Waals surface area contributed by atoms with Crippen LogP contribution in [0.4, 0.5) is 0 Å². The molecule has 32 heavy (non-hydrogen) atoms. The van der Waals surface area contributed by atoms with Crippen molar-refractivity contribution in [2.24, 2.45) is 5.92 Å². The number of hydrogen-bond donors (Lipinski definition) is 3. The van der Waals surface area contributed by atoms with Crippen molar-refractivity contribution in [2.45, 2.75) is 84.7 Å². The highest BCUT2D eigenvalue weighted by Crippen LogP contribution is 2.32. The van der Waals surface area contributed by atoms with Gasteiger partial charge in [-0.05, 0) is 52.3 Å². The Morgan fingerprint density at radius 3 is 2.31 bits per heavy atom. The zero-order valence-corrected chi connectivity index (χ0v) is 19.7. The third-order valence-corrected chi connectivity index (χ3v) is 5.87. The van der Waals surface area contributed by atoms with Crippen LogP contribution in [-0.4, -0.2) is 62.4 Å². The molecule has 0 aliphatic carbocycles. The van der Waals surface area contributed by atoms with Gasteiger partial charge in [-0.2, -0.15) is 0 Å². The second kappa shape index (κ2) is 10.2. The minimum atomic E-state index is -1.25. The average Bonchev–Trinajstić information content (AvgIpc) is 3.05. The van der Waals surface area contributed by atoms with E-state index in [2.05, 4.69) is 5.10 Å². The first-order chi connectivity index (χ1) is 15.1. The Kier molecular flexibility index (Phi) is 7.82. The number of aliphatic hydroxyl groups is 3. The molecule has 0 radical (unpaired) electrons. The van der Waals surface area contributed by atoms with Gasteiger partial charge in [-0.3, -0.25) is 4.68 Å². The number of hydrogen-bond acceptors (Lipinski definition) is 7. The number of aromatic nitrogens is 2. The highest BCUT2D eigenvalue weighted by Gasteiger charge is 2.43. The average molecular weight is 449 g/mol. The third-order valence-electron chi connectivity index (χ3n) is 5.87. The highest BCUT2D eigenvalue weighted by molar-refractivity contribution is 5.38.